The number of carbonyl (C=O) groups excluding carboxylic acids is 2. The number of aryl methyl sites for hydroxylation is 2. The van der Waals surface area contributed by atoms with Gasteiger partial charge in [-0.05, 0) is 86.4 Å². The second kappa shape index (κ2) is 19.1. The molecule has 0 unspecified atom stereocenters. The standard InChI is InChI=1S/C25H32ClN3O4S.C8H10N2.C2H6/c1-18-9-10-21(16-23(18)26)20-6-4-7-22(15-20)34(32,33)28-17-25(31)29-13-11-19(12-14-29)5-3-8-24(30)27-2;1-6-3-2-4-7(5-6)8(9)10;1-2/h4,6-7,9-10,15-16,19,28H,3,5,8,11-14,17H2,1-2H3,(H,27,30);2-5H,1H3,(H3,9,10);1-2H3. The Bertz CT molecular complexity index is 1570. The molecular weight excluding hydrogens is 622 g/mol. The molecule has 1 saturated heterocycles. The van der Waals surface area contributed by atoms with Crippen LogP contribution < -0.4 is 15.8 Å². The molecule has 0 aliphatic carbocycles. The van der Waals surface area contributed by atoms with Crippen molar-refractivity contribution in [1.82, 2.24) is 14.9 Å². The van der Waals surface area contributed by atoms with E-state index in [2.05, 4.69) is 10.0 Å². The number of nitrogens with one attached hydrogen (secondary N) is 3. The van der Waals surface area contributed by atoms with Crippen molar-refractivity contribution in [2.75, 3.05) is 26.7 Å². The van der Waals surface area contributed by atoms with Gasteiger partial charge in [-0.15, -0.1) is 0 Å². The molecular formula is C35H48ClN5O4S. The fraction of sp³-hybridized carbons (Fsp3) is 0.400. The molecule has 0 atom stereocenters. The topological polar surface area (TPSA) is 145 Å². The summed E-state index contributed by atoms with van der Waals surface area (Å²) >= 11 is 6.22. The molecule has 1 aliphatic heterocycles. The number of rotatable bonds is 10. The van der Waals surface area contributed by atoms with Gasteiger partial charge in [-0.1, -0.05) is 73.5 Å². The van der Waals surface area contributed by atoms with E-state index < -0.39 is 10.0 Å². The molecule has 11 heteroatoms. The van der Waals surface area contributed by atoms with Crippen molar-refractivity contribution < 1.29 is 18.0 Å². The lowest BCUT2D eigenvalue weighted by Gasteiger charge is -2.32. The van der Waals surface area contributed by atoms with Crippen LogP contribution in [0, 0.1) is 25.2 Å². The second-order valence-corrected chi connectivity index (χ2v) is 13.2. The lowest BCUT2D eigenvalue weighted by molar-refractivity contribution is -0.131. The van der Waals surface area contributed by atoms with Crippen LogP contribution in [0.4, 0.5) is 0 Å². The van der Waals surface area contributed by atoms with Gasteiger partial charge in [0.05, 0.1) is 11.4 Å². The molecule has 3 aromatic carbocycles. The van der Waals surface area contributed by atoms with Crippen LogP contribution >= 0.6 is 11.6 Å². The van der Waals surface area contributed by atoms with Gasteiger partial charge in [0.15, 0.2) is 0 Å². The quantitative estimate of drug-likeness (QED) is 0.153. The van der Waals surface area contributed by atoms with Gasteiger partial charge in [0.25, 0.3) is 0 Å². The molecule has 0 aromatic heterocycles. The summed E-state index contributed by atoms with van der Waals surface area (Å²) in [5.41, 5.74) is 9.69. The molecule has 5 N–H and O–H groups in total. The summed E-state index contributed by atoms with van der Waals surface area (Å²) in [6, 6.07) is 19.8. The molecule has 1 fully saturated rings. The maximum Gasteiger partial charge on any atom is 0.241 e. The first-order chi connectivity index (χ1) is 21.9. The molecule has 0 spiro atoms. The highest BCUT2D eigenvalue weighted by Gasteiger charge is 2.24. The number of piperidine rings is 1. The van der Waals surface area contributed by atoms with E-state index in [9.17, 15) is 18.0 Å². The number of hydrogen-bond donors (Lipinski definition) is 4. The number of nitrogen functional groups attached to an aromatic ring is 1. The molecule has 1 heterocycles. The van der Waals surface area contributed by atoms with E-state index in [4.69, 9.17) is 22.7 Å². The molecule has 46 heavy (non-hydrogen) atoms. The number of nitrogens with zero attached hydrogens (tertiary/aromatic N) is 1. The summed E-state index contributed by atoms with van der Waals surface area (Å²) in [5.74, 6) is 0.439. The average molecular weight is 670 g/mol. The van der Waals surface area contributed by atoms with Gasteiger partial charge >= 0.3 is 0 Å². The number of sulfonamides is 1. The molecule has 4 rings (SSSR count). The highest BCUT2D eigenvalue weighted by Crippen LogP contribution is 2.27. The predicted molar refractivity (Wildman–Crippen MR) is 188 cm³/mol. The summed E-state index contributed by atoms with van der Waals surface area (Å²) in [4.78, 5) is 25.8. The van der Waals surface area contributed by atoms with Crippen molar-refractivity contribution in [3.8, 4) is 11.1 Å². The van der Waals surface area contributed by atoms with E-state index in [1.165, 1.54) is 6.07 Å². The Morgan fingerprint density at radius 2 is 1.63 bits per heavy atom. The third-order valence-electron chi connectivity index (χ3n) is 7.65. The van der Waals surface area contributed by atoms with Crippen molar-refractivity contribution in [3.63, 3.8) is 0 Å². The van der Waals surface area contributed by atoms with Crippen LogP contribution in [0.2, 0.25) is 5.02 Å². The van der Waals surface area contributed by atoms with Crippen LogP contribution in [-0.4, -0.2) is 57.6 Å². The van der Waals surface area contributed by atoms with Crippen LogP contribution in [0.25, 0.3) is 11.1 Å². The first kappa shape index (κ1) is 38.5. The molecule has 0 saturated carbocycles. The predicted octanol–water partition coefficient (Wildman–Crippen LogP) is 6.05. The average Bonchev–Trinajstić information content (AvgIpc) is 3.06. The van der Waals surface area contributed by atoms with Crippen molar-refractivity contribution in [3.05, 3.63) is 88.4 Å². The van der Waals surface area contributed by atoms with Gasteiger partial charge < -0.3 is 16.0 Å². The Hall–Kier alpha value is -3.73. The largest absolute Gasteiger partial charge is 0.384 e. The number of nitrogens with two attached hydrogens (primary N) is 1. The van der Waals surface area contributed by atoms with E-state index in [1.807, 2.05) is 76.2 Å². The summed E-state index contributed by atoms with van der Waals surface area (Å²) in [5, 5.41) is 10.4. The minimum absolute atomic E-state index is 0.0492. The Labute approximate surface area is 279 Å². The second-order valence-electron chi connectivity index (χ2n) is 11.0. The van der Waals surface area contributed by atoms with Gasteiger partial charge in [0.1, 0.15) is 5.84 Å². The Morgan fingerprint density at radius 1 is 0.978 bits per heavy atom. The van der Waals surface area contributed by atoms with E-state index in [0.717, 1.165) is 53.5 Å². The van der Waals surface area contributed by atoms with Gasteiger partial charge in [-0.2, -0.15) is 0 Å². The maximum absolute atomic E-state index is 12.8. The summed E-state index contributed by atoms with van der Waals surface area (Å²) < 4.78 is 28.1. The van der Waals surface area contributed by atoms with Crippen molar-refractivity contribution >= 4 is 39.3 Å². The number of amides is 2. The molecule has 3 aromatic rings. The molecule has 1 aliphatic rings. The first-order valence-electron chi connectivity index (χ1n) is 15.6. The lowest BCUT2D eigenvalue weighted by atomic mass is 9.91. The lowest BCUT2D eigenvalue weighted by Crippen LogP contribution is -2.44. The fourth-order valence-electron chi connectivity index (χ4n) is 4.93. The van der Waals surface area contributed by atoms with Crippen molar-refractivity contribution in [2.24, 2.45) is 11.7 Å². The number of hydrogen-bond acceptors (Lipinski definition) is 5. The zero-order valence-corrected chi connectivity index (χ0v) is 29.1. The number of amidine groups is 1. The van der Waals surface area contributed by atoms with Crippen molar-refractivity contribution in [1.29, 1.82) is 5.41 Å². The maximum atomic E-state index is 12.8. The fourth-order valence-corrected chi connectivity index (χ4v) is 6.13. The Balaban J connectivity index is 0.000000517. The zero-order valence-electron chi connectivity index (χ0n) is 27.5. The number of likely N-dealkylation sites (tertiary alicyclic amines) is 1. The summed E-state index contributed by atoms with van der Waals surface area (Å²) in [6.45, 7) is 8.82. The zero-order chi connectivity index (χ0) is 34.3. The number of halogens is 1. The molecule has 0 bridgehead atoms. The van der Waals surface area contributed by atoms with Gasteiger partial charge in [0.2, 0.25) is 21.8 Å². The van der Waals surface area contributed by atoms with Gasteiger partial charge in [0, 0.05) is 37.1 Å². The minimum atomic E-state index is -3.84. The number of benzene rings is 3. The van der Waals surface area contributed by atoms with Crippen molar-refractivity contribution in [2.45, 2.75) is 64.7 Å². The molecule has 9 nitrogen and oxygen atoms in total. The third-order valence-corrected chi connectivity index (χ3v) is 9.46. The van der Waals surface area contributed by atoms with E-state index in [-0.39, 0.29) is 29.1 Å². The highest BCUT2D eigenvalue weighted by molar-refractivity contribution is 7.89. The smallest absolute Gasteiger partial charge is 0.241 e. The monoisotopic (exact) mass is 669 g/mol. The molecule has 2 amide bonds. The number of carbonyl (C=O) groups is 2. The first-order valence-corrected chi connectivity index (χ1v) is 17.5. The Morgan fingerprint density at radius 3 is 2.22 bits per heavy atom. The normalized spacial score (nSPS) is 13.0. The van der Waals surface area contributed by atoms with E-state index in [1.54, 1.807) is 24.1 Å². The SMILES string of the molecule is CC.CNC(=O)CCCC1CCN(C(=O)CNS(=O)(=O)c2cccc(-c3ccc(C)c(Cl)c3)c2)CC1.Cc1cccc(C(=N)N)c1. The minimum Gasteiger partial charge on any atom is -0.384 e. The summed E-state index contributed by atoms with van der Waals surface area (Å²) in [6.07, 6.45) is 4.06. The van der Waals surface area contributed by atoms with Crippen LogP contribution in [0.5, 0.6) is 0 Å². The van der Waals surface area contributed by atoms with E-state index >= 15 is 0 Å². The van der Waals surface area contributed by atoms with Crippen LogP contribution in [-0.2, 0) is 19.6 Å². The molecule has 0 radical (unpaired) electrons. The highest BCUT2D eigenvalue weighted by atomic mass is 35.5. The van der Waals surface area contributed by atoms with Gasteiger partial charge in [-0.3, -0.25) is 15.0 Å². The van der Waals surface area contributed by atoms with Crippen LogP contribution in [0.1, 0.15) is 62.6 Å². The van der Waals surface area contributed by atoms with E-state index in [0.29, 0.717) is 30.5 Å². The Kier molecular flexibility index (Phi) is 15.9. The summed E-state index contributed by atoms with van der Waals surface area (Å²) in [7, 11) is -2.21. The van der Waals surface area contributed by atoms with Crippen LogP contribution in [0.15, 0.2) is 71.6 Å². The molecule has 250 valence electrons. The van der Waals surface area contributed by atoms with Crippen LogP contribution in [0.3, 0.4) is 0 Å². The van der Waals surface area contributed by atoms with Gasteiger partial charge in [-0.25, -0.2) is 13.1 Å². The third kappa shape index (κ3) is 12.2.